The van der Waals surface area contributed by atoms with Crippen LogP contribution in [0.4, 0.5) is 10.5 Å². The fourth-order valence-electron chi connectivity index (χ4n) is 4.66. The number of carbonyl (C=O) groups is 2. The Morgan fingerprint density at radius 3 is 2.46 bits per heavy atom. The van der Waals surface area contributed by atoms with Gasteiger partial charge < -0.3 is 19.4 Å². The van der Waals surface area contributed by atoms with Gasteiger partial charge in [0.15, 0.2) is 5.58 Å². The Hall–Kier alpha value is -4.17. The van der Waals surface area contributed by atoms with Gasteiger partial charge in [-0.05, 0) is 63.6 Å². The van der Waals surface area contributed by atoms with Crippen LogP contribution in [0.3, 0.4) is 0 Å². The van der Waals surface area contributed by atoms with Gasteiger partial charge in [0.2, 0.25) is 5.89 Å². The van der Waals surface area contributed by atoms with E-state index in [0.29, 0.717) is 47.9 Å². The van der Waals surface area contributed by atoms with Gasteiger partial charge in [-0.1, -0.05) is 42.0 Å². The average Bonchev–Trinajstić information content (AvgIpc) is 3.34. The highest BCUT2D eigenvalue weighted by molar-refractivity contribution is 6.06. The molecule has 0 bridgehead atoms. The Bertz CT molecular complexity index is 1500. The van der Waals surface area contributed by atoms with Gasteiger partial charge in [0.05, 0.1) is 11.3 Å². The van der Waals surface area contributed by atoms with Crippen molar-refractivity contribution in [2.24, 2.45) is 0 Å². The highest BCUT2D eigenvalue weighted by Gasteiger charge is 2.26. The molecule has 8 heteroatoms. The van der Waals surface area contributed by atoms with E-state index in [1.54, 1.807) is 11.0 Å². The van der Waals surface area contributed by atoms with Gasteiger partial charge >= 0.3 is 6.09 Å². The molecule has 1 aromatic heterocycles. The minimum Gasteiger partial charge on any atom is -0.444 e. The second-order valence-corrected chi connectivity index (χ2v) is 10.9. The average molecular weight is 527 g/mol. The van der Waals surface area contributed by atoms with E-state index in [0.717, 1.165) is 29.7 Å². The summed E-state index contributed by atoms with van der Waals surface area (Å²) in [5, 5.41) is 3.01. The summed E-state index contributed by atoms with van der Waals surface area (Å²) < 4.78 is 11.7. The second kappa shape index (κ2) is 10.9. The lowest BCUT2D eigenvalue weighted by molar-refractivity contribution is 0.0139. The van der Waals surface area contributed by atoms with Crippen molar-refractivity contribution in [2.45, 2.75) is 39.8 Å². The monoisotopic (exact) mass is 526 g/mol. The van der Waals surface area contributed by atoms with Crippen molar-refractivity contribution >= 4 is 28.8 Å². The summed E-state index contributed by atoms with van der Waals surface area (Å²) in [4.78, 5) is 34.3. The van der Waals surface area contributed by atoms with Crippen LogP contribution < -0.4 is 5.32 Å². The summed E-state index contributed by atoms with van der Waals surface area (Å²) in [5.74, 6) is 0.265. The number of amides is 2. The zero-order valence-corrected chi connectivity index (χ0v) is 22.9. The van der Waals surface area contributed by atoms with Gasteiger partial charge in [0.1, 0.15) is 11.1 Å². The van der Waals surface area contributed by atoms with Crippen LogP contribution in [-0.2, 0) is 11.3 Å². The van der Waals surface area contributed by atoms with Crippen molar-refractivity contribution in [3.05, 3.63) is 83.4 Å². The highest BCUT2D eigenvalue weighted by atomic mass is 16.6. The number of rotatable bonds is 5. The molecule has 3 aromatic carbocycles. The van der Waals surface area contributed by atoms with Gasteiger partial charge in [-0.2, -0.15) is 0 Å². The number of hydrogen-bond donors (Lipinski definition) is 1. The van der Waals surface area contributed by atoms with Crippen molar-refractivity contribution in [3.8, 4) is 11.5 Å². The van der Waals surface area contributed by atoms with E-state index in [2.05, 4.69) is 16.3 Å². The minimum absolute atomic E-state index is 0.187. The fourth-order valence-corrected chi connectivity index (χ4v) is 4.66. The van der Waals surface area contributed by atoms with Crippen LogP contribution in [0.5, 0.6) is 0 Å². The normalized spacial score (nSPS) is 14.4. The Morgan fingerprint density at radius 2 is 1.72 bits per heavy atom. The summed E-state index contributed by atoms with van der Waals surface area (Å²) in [6.45, 7) is 11.0. The van der Waals surface area contributed by atoms with E-state index >= 15 is 0 Å². The lowest BCUT2D eigenvalue weighted by Crippen LogP contribution is -2.49. The Balaban J connectivity index is 1.32. The molecule has 1 N–H and O–H groups in total. The number of piperazine rings is 1. The van der Waals surface area contributed by atoms with Gasteiger partial charge in [-0.15, -0.1) is 0 Å². The van der Waals surface area contributed by atoms with Crippen LogP contribution in [0.2, 0.25) is 0 Å². The summed E-state index contributed by atoms with van der Waals surface area (Å²) in [5.41, 5.74) is 4.99. The topological polar surface area (TPSA) is 87.9 Å². The molecule has 202 valence electrons. The summed E-state index contributed by atoms with van der Waals surface area (Å²) in [7, 11) is 0. The standard InChI is InChI=1S/C31H34N4O4/c1-21-9-7-10-22(19-21)28(36)32-25-13-6-5-12-24(25)29-33-27-23(11-8-14-26(27)38-29)20-34-15-17-35(18-16-34)30(37)39-31(2,3)4/h5-14,19H,15-18,20H2,1-4H3,(H,32,36). The molecule has 1 aliphatic heterocycles. The number of carbonyl (C=O) groups excluding carboxylic acids is 2. The van der Waals surface area contributed by atoms with Crippen molar-refractivity contribution < 1.29 is 18.7 Å². The third-order valence-electron chi connectivity index (χ3n) is 6.61. The number of benzene rings is 3. The molecule has 2 heterocycles. The van der Waals surface area contributed by atoms with Crippen LogP contribution in [0.1, 0.15) is 42.3 Å². The molecular formula is C31H34N4O4. The first-order valence-corrected chi connectivity index (χ1v) is 13.2. The number of fused-ring (bicyclic) bond motifs is 1. The van der Waals surface area contributed by atoms with Crippen molar-refractivity contribution in [1.29, 1.82) is 0 Å². The molecule has 0 aliphatic carbocycles. The Kier molecular flexibility index (Phi) is 7.39. The van der Waals surface area contributed by atoms with E-state index in [-0.39, 0.29) is 12.0 Å². The number of hydrogen-bond acceptors (Lipinski definition) is 6. The lowest BCUT2D eigenvalue weighted by Gasteiger charge is -2.35. The Morgan fingerprint density at radius 1 is 0.974 bits per heavy atom. The number of aromatic nitrogens is 1. The van der Waals surface area contributed by atoms with Crippen LogP contribution >= 0.6 is 0 Å². The third kappa shape index (κ3) is 6.29. The molecule has 0 radical (unpaired) electrons. The molecule has 2 amide bonds. The minimum atomic E-state index is -0.503. The number of aryl methyl sites for hydroxylation is 1. The summed E-state index contributed by atoms with van der Waals surface area (Å²) in [6, 6.07) is 20.9. The molecule has 1 aliphatic rings. The number of para-hydroxylation sites is 2. The molecule has 39 heavy (non-hydrogen) atoms. The smallest absolute Gasteiger partial charge is 0.410 e. The van der Waals surface area contributed by atoms with Gasteiger partial charge in [-0.3, -0.25) is 9.69 Å². The molecule has 0 unspecified atom stereocenters. The first-order chi connectivity index (χ1) is 18.7. The van der Waals surface area contributed by atoms with Gasteiger partial charge in [0, 0.05) is 38.3 Å². The predicted molar refractivity (Wildman–Crippen MR) is 152 cm³/mol. The molecule has 0 spiro atoms. The number of nitrogens with zero attached hydrogens (tertiary/aromatic N) is 3. The van der Waals surface area contributed by atoms with Crippen molar-refractivity contribution in [3.63, 3.8) is 0 Å². The molecule has 5 rings (SSSR count). The van der Waals surface area contributed by atoms with Crippen molar-refractivity contribution in [2.75, 3.05) is 31.5 Å². The molecular weight excluding hydrogens is 492 g/mol. The third-order valence-corrected chi connectivity index (χ3v) is 6.61. The molecule has 4 aromatic rings. The van der Waals surface area contributed by atoms with Gasteiger partial charge in [0.25, 0.3) is 5.91 Å². The predicted octanol–water partition coefficient (Wildman–Crippen LogP) is 6.11. The summed E-state index contributed by atoms with van der Waals surface area (Å²) in [6.07, 6.45) is -0.265. The van der Waals surface area contributed by atoms with E-state index in [1.807, 2.05) is 82.3 Å². The quantitative estimate of drug-likeness (QED) is 0.338. The SMILES string of the molecule is Cc1cccc(C(=O)Nc2ccccc2-c2nc3c(CN4CCN(C(=O)OC(C)(C)C)CC4)cccc3o2)c1. The van der Waals surface area contributed by atoms with E-state index in [4.69, 9.17) is 14.1 Å². The largest absolute Gasteiger partial charge is 0.444 e. The zero-order valence-electron chi connectivity index (χ0n) is 22.9. The fraction of sp³-hybridized carbons (Fsp3) is 0.323. The second-order valence-electron chi connectivity index (χ2n) is 10.9. The number of anilines is 1. The first kappa shape index (κ1) is 26.4. The maximum Gasteiger partial charge on any atom is 0.410 e. The van der Waals surface area contributed by atoms with Crippen molar-refractivity contribution in [1.82, 2.24) is 14.8 Å². The molecule has 1 fully saturated rings. The van der Waals surface area contributed by atoms with E-state index in [1.165, 1.54) is 0 Å². The molecule has 8 nitrogen and oxygen atoms in total. The van der Waals surface area contributed by atoms with Crippen LogP contribution in [0.15, 0.2) is 71.1 Å². The number of oxazole rings is 1. The maximum absolute atomic E-state index is 12.9. The molecule has 0 saturated carbocycles. The molecule has 0 atom stereocenters. The first-order valence-electron chi connectivity index (χ1n) is 13.2. The Labute approximate surface area is 228 Å². The van der Waals surface area contributed by atoms with E-state index < -0.39 is 5.60 Å². The number of nitrogens with one attached hydrogen (secondary N) is 1. The number of ether oxygens (including phenoxy) is 1. The van der Waals surface area contributed by atoms with Crippen LogP contribution in [0, 0.1) is 6.92 Å². The highest BCUT2D eigenvalue weighted by Crippen LogP contribution is 2.32. The van der Waals surface area contributed by atoms with Crippen LogP contribution in [0.25, 0.3) is 22.6 Å². The summed E-state index contributed by atoms with van der Waals surface area (Å²) >= 11 is 0. The lowest BCUT2D eigenvalue weighted by atomic mass is 10.1. The van der Waals surface area contributed by atoms with Gasteiger partial charge in [-0.25, -0.2) is 9.78 Å². The van der Waals surface area contributed by atoms with Crippen LogP contribution in [-0.4, -0.2) is 58.6 Å². The van der Waals surface area contributed by atoms with E-state index in [9.17, 15) is 9.59 Å². The zero-order chi connectivity index (χ0) is 27.6. The maximum atomic E-state index is 12.9. The molecule has 1 saturated heterocycles.